The molecule has 2 amide bonds. The normalized spacial score (nSPS) is 20.2. The van der Waals surface area contributed by atoms with Crippen LogP contribution in [0.5, 0.6) is 0 Å². The third-order valence-electron chi connectivity index (χ3n) is 2.60. The van der Waals surface area contributed by atoms with Crippen molar-refractivity contribution in [3.8, 4) is 0 Å². The van der Waals surface area contributed by atoms with Gasteiger partial charge in [-0.2, -0.15) is 0 Å². The summed E-state index contributed by atoms with van der Waals surface area (Å²) < 4.78 is 0. The van der Waals surface area contributed by atoms with Crippen molar-refractivity contribution in [2.45, 2.75) is 19.4 Å². The van der Waals surface area contributed by atoms with E-state index in [9.17, 15) is 9.59 Å². The van der Waals surface area contributed by atoms with Crippen molar-refractivity contribution in [2.75, 3.05) is 6.54 Å². The quantitative estimate of drug-likeness (QED) is 0.742. The minimum atomic E-state index is -0.442. The van der Waals surface area contributed by atoms with E-state index in [2.05, 4.69) is 10.6 Å². The van der Waals surface area contributed by atoms with Crippen LogP contribution >= 0.6 is 0 Å². The number of piperazine rings is 1. The number of carbonyl (C=O) groups excluding carboxylic acids is 2. The Morgan fingerprint density at radius 3 is 2.94 bits per heavy atom. The van der Waals surface area contributed by atoms with Crippen LogP contribution in [-0.4, -0.2) is 24.4 Å². The van der Waals surface area contributed by atoms with Crippen molar-refractivity contribution < 1.29 is 9.59 Å². The number of amides is 2. The number of aryl methyl sites for hydroxylation is 1. The highest BCUT2D eigenvalue weighted by atomic mass is 16.2. The molecule has 1 fully saturated rings. The van der Waals surface area contributed by atoms with Gasteiger partial charge in [-0.25, -0.2) is 0 Å². The number of rotatable bonds is 2. The van der Waals surface area contributed by atoms with E-state index in [1.165, 1.54) is 0 Å². The molecule has 0 aromatic heterocycles. The number of carbonyl (C=O) groups is 2. The highest BCUT2D eigenvalue weighted by Gasteiger charge is 2.25. The molecule has 1 aromatic carbocycles. The summed E-state index contributed by atoms with van der Waals surface area (Å²) in [5, 5.41) is 5.25. The molecule has 16 heavy (non-hydrogen) atoms. The third-order valence-corrected chi connectivity index (χ3v) is 2.60. The van der Waals surface area contributed by atoms with Gasteiger partial charge in [-0.05, 0) is 12.5 Å². The van der Waals surface area contributed by atoms with Crippen molar-refractivity contribution in [1.29, 1.82) is 0 Å². The molecule has 2 N–H and O–H groups in total. The van der Waals surface area contributed by atoms with Crippen LogP contribution in [0.25, 0.3) is 0 Å². The first kappa shape index (κ1) is 10.7. The maximum atomic E-state index is 11.5. The zero-order chi connectivity index (χ0) is 11.5. The maximum absolute atomic E-state index is 11.5. The molecule has 84 valence electrons. The summed E-state index contributed by atoms with van der Waals surface area (Å²) in [6, 6.07) is 7.49. The summed E-state index contributed by atoms with van der Waals surface area (Å²) in [4.78, 5) is 22.7. The molecule has 0 radical (unpaired) electrons. The van der Waals surface area contributed by atoms with Crippen LogP contribution in [0.2, 0.25) is 0 Å². The Morgan fingerprint density at radius 1 is 1.38 bits per heavy atom. The van der Waals surface area contributed by atoms with E-state index < -0.39 is 6.04 Å². The Kier molecular flexibility index (Phi) is 2.90. The van der Waals surface area contributed by atoms with E-state index in [0.29, 0.717) is 6.42 Å². The van der Waals surface area contributed by atoms with E-state index >= 15 is 0 Å². The molecule has 0 spiro atoms. The molecule has 1 aliphatic rings. The molecule has 0 aliphatic carbocycles. The first-order valence-corrected chi connectivity index (χ1v) is 5.28. The van der Waals surface area contributed by atoms with E-state index in [1.54, 1.807) is 0 Å². The van der Waals surface area contributed by atoms with Crippen LogP contribution in [-0.2, 0) is 16.0 Å². The minimum absolute atomic E-state index is 0.0865. The van der Waals surface area contributed by atoms with Gasteiger partial charge in [0.2, 0.25) is 11.8 Å². The van der Waals surface area contributed by atoms with Crippen molar-refractivity contribution >= 4 is 11.8 Å². The van der Waals surface area contributed by atoms with E-state index in [1.807, 2.05) is 31.2 Å². The van der Waals surface area contributed by atoms with Crippen LogP contribution in [0.1, 0.15) is 11.1 Å². The monoisotopic (exact) mass is 218 g/mol. The van der Waals surface area contributed by atoms with Gasteiger partial charge in [0, 0.05) is 6.42 Å². The maximum Gasteiger partial charge on any atom is 0.243 e. The summed E-state index contributed by atoms with van der Waals surface area (Å²) >= 11 is 0. The molecule has 4 heteroatoms. The zero-order valence-corrected chi connectivity index (χ0v) is 9.12. The van der Waals surface area contributed by atoms with Gasteiger partial charge in [-0.1, -0.05) is 29.8 Å². The summed E-state index contributed by atoms with van der Waals surface area (Å²) in [7, 11) is 0. The molecule has 0 bridgehead atoms. The lowest BCUT2D eigenvalue weighted by molar-refractivity contribution is -0.133. The van der Waals surface area contributed by atoms with Crippen LogP contribution in [0, 0.1) is 6.92 Å². The number of benzene rings is 1. The second-order valence-corrected chi connectivity index (χ2v) is 4.03. The molecular formula is C12H14N2O2. The molecule has 2 rings (SSSR count). The molecule has 1 aromatic rings. The van der Waals surface area contributed by atoms with Crippen LogP contribution in [0.15, 0.2) is 24.3 Å². The Hall–Kier alpha value is -1.84. The third kappa shape index (κ3) is 2.39. The van der Waals surface area contributed by atoms with Gasteiger partial charge in [0.25, 0.3) is 0 Å². The Labute approximate surface area is 94.0 Å². The minimum Gasteiger partial charge on any atom is -0.345 e. The second-order valence-electron chi connectivity index (χ2n) is 4.03. The van der Waals surface area contributed by atoms with E-state index in [-0.39, 0.29) is 18.4 Å². The fourth-order valence-corrected chi connectivity index (χ4v) is 1.82. The van der Waals surface area contributed by atoms with Gasteiger partial charge in [0.1, 0.15) is 6.04 Å². The lowest BCUT2D eigenvalue weighted by Gasteiger charge is -2.23. The van der Waals surface area contributed by atoms with Gasteiger partial charge >= 0.3 is 0 Å². The lowest BCUT2D eigenvalue weighted by atomic mass is 10.0. The fraction of sp³-hybridized carbons (Fsp3) is 0.333. The van der Waals surface area contributed by atoms with Crippen LogP contribution in [0.4, 0.5) is 0 Å². The molecule has 1 heterocycles. The smallest absolute Gasteiger partial charge is 0.243 e. The SMILES string of the molecule is Cc1cccc(C[C@@H]2NC(=O)CNC2=O)c1. The van der Waals surface area contributed by atoms with E-state index in [4.69, 9.17) is 0 Å². The topological polar surface area (TPSA) is 58.2 Å². The van der Waals surface area contributed by atoms with Gasteiger partial charge in [0.15, 0.2) is 0 Å². The van der Waals surface area contributed by atoms with Gasteiger partial charge in [0.05, 0.1) is 6.54 Å². The molecular weight excluding hydrogens is 204 g/mol. The molecule has 4 nitrogen and oxygen atoms in total. The molecule has 1 aliphatic heterocycles. The largest absolute Gasteiger partial charge is 0.345 e. The average molecular weight is 218 g/mol. The highest BCUT2D eigenvalue weighted by molar-refractivity contribution is 5.94. The van der Waals surface area contributed by atoms with Gasteiger partial charge in [-0.15, -0.1) is 0 Å². The van der Waals surface area contributed by atoms with Crippen molar-refractivity contribution in [3.63, 3.8) is 0 Å². The van der Waals surface area contributed by atoms with E-state index in [0.717, 1.165) is 11.1 Å². The highest BCUT2D eigenvalue weighted by Crippen LogP contribution is 2.08. The lowest BCUT2D eigenvalue weighted by Crippen LogP contribution is -2.56. The van der Waals surface area contributed by atoms with Gasteiger partial charge in [-0.3, -0.25) is 9.59 Å². The predicted molar refractivity (Wildman–Crippen MR) is 59.8 cm³/mol. The van der Waals surface area contributed by atoms with Crippen LogP contribution in [0.3, 0.4) is 0 Å². The summed E-state index contributed by atoms with van der Waals surface area (Å²) in [5.41, 5.74) is 2.21. The molecule has 1 atom stereocenters. The average Bonchev–Trinajstić information content (AvgIpc) is 2.24. The Morgan fingerprint density at radius 2 is 2.19 bits per heavy atom. The van der Waals surface area contributed by atoms with Gasteiger partial charge < -0.3 is 10.6 Å². The fourth-order valence-electron chi connectivity index (χ4n) is 1.82. The zero-order valence-electron chi connectivity index (χ0n) is 9.12. The predicted octanol–water partition coefficient (Wildman–Crippen LogP) is 0.152. The molecule has 0 saturated carbocycles. The number of hydrogen-bond acceptors (Lipinski definition) is 2. The Bertz CT molecular complexity index is 429. The summed E-state index contributed by atoms with van der Waals surface area (Å²) in [6.45, 7) is 2.09. The standard InChI is InChI=1S/C12H14N2O2/c1-8-3-2-4-9(5-8)6-10-12(16)13-7-11(15)14-10/h2-5,10H,6-7H2,1H3,(H,13,16)(H,14,15)/t10-/m0/s1. The molecule has 1 saturated heterocycles. The number of nitrogens with one attached hydrogen (secondary N) is 2. The second kappa shape index (κ2) is 4.35. The first-order chi connectivity index (χ1) is 7.65. The number of hydrogen-bond donors (Lipinski definition) is 2. The van der Waals surface area contributed by atoms with Crippen molar-refractivity contribution in [2.24, 2.45) is 0 Å². The summed E-state index contributed by atoms with van der Waals surface area (Å²) in [6.07, 6.45) is 0.541. The first-order valence-electron chi connectivity index (χ1n) is 5.28. The van der Waals surface area contributed by atoms with Crippen LogP contribution < -0.4 is 10.6 Å². The Balaban J connectivity index is 2.08. The molecule has 0 unspecified atom stereocenters. The van der Waals surface area contributed by atoms with Crippen molar-refractivity contribution in [3.05, 3.63) is 35.4 Å². The summed E-state index contributed by atoms with van der Waals surface area (Å²) in [5.74, 6) is -0.238. The van der Waals surface area contributed by atoms with Crippen molar-refractivity contribution in [1.82, 2.24) is 10.6 Å².